The number of likely N-dealkylation sites (N-methyl/N-ethyl adjacent to an activating group) is 2. The quantitative estimate of drug-likeness (QED) is 0.0513. The molecule has 0 unspecified atom stereocenters. The summed E-state index contributed by atoms with van der Waals surface area (Å²) in [6, 6.07) is 6.60. The number of unbranched alkanes of at least 4 members (excludes halogenated alkanes) is 24. The van der Waals surface area contributed by atoms with E-state index in [1.54, 1.807) is 24.3 Å². The molecule has 0 aliphatic carbocycles. The molecule has 0 amide bonds. The third-order valence-corrected chi connectivity index (χ3v) is 10.1. The zero-order chi connectivity index (χ0) is 36.3. The monoisotopic (exact) mass is 701 g/mol. The van der Waals surface area contributed by atoms with Gasteiger partial charge in [0.2, 0.25) is 0 Å². The number of benzene rings is 1. The number of esters is 2. The van der Waals surface area contributed by atoms with E-state index >= 15 is 0 Å². The Morgan fingerprint density at radius 2 is 0.640 bits per heavy atom. The predicted octanol–water partition coefficient (Wildman–Crippen LogP) is 12.0. The van der Waals surface area contributed by atoms with Crippen molar-refractivity contribution in [3.8, 4) is 0 Å². The van der Waals surface area contributed by atoms with E-state index in [0.717, 1.165) is 26.2 Å². The third kappa shape index (κ3) is 27.8. The number of hydrogen-bond donors (Lipinski definition) is 0. The Morgan fingerprint density at radius 3 is 0.900 bits per heavy atom. The van der Waals surface area contributed by atoms with Crippen molar-refractivity contribution in [3.63, 3.8) is 0 Å². The van der Waals surface area contributed by atoms with Crippen molar-refractivity contribution in [2.75, 3.05) is 53.5 Å². The molecule has 0 radical (unpaired) electrons. The van der Waals surface area contributed by atoms with E-state index in [2.05, 4.69) is 37.7 Å². The molecule has 0 aliphatic rings. The maximum Gasteiger partial charge on any atom is 0.338 e. The fourth-order valence-electron chi connectivity index (χ4n) is 6.52. The van der Waals surface area contributed by atoms with E-state index in [4.69, 9.17) is 9.47 Å². The number of nitrogens with zero attached hydrogens (tertiary/aromatic N) is 2. The van der Waals surface area contributed by atoms with Gasteiger partial charge in [-0.1, -0.05) is 168 Å². The molecule has 0 aliphatic heterocycles. The van der Waals surface area contributed by atoms with Crippen molar-refractivity contribution in [2.45, 2.75) is 181 Å². The van der Waals surface area contributed by atoms with Crippen LogP contribution in [0, 0.1) is 0 Å². The van der Waals surface area contributed by atoms with Gasteiger partial charge in [0, 0.05) is 13.1 Å². The van der Waals surface area contributed by atoms with Crippen LogP contribution in [0.4, 0.5) is 0 Å². The van der Waals surface area contributed by atoms with Gasteiger partial charge in [-0.05, 0) is 64.3 Å². The van der Waals surface area contributed by atoms with Crippen molar-refractivity contribution < 1.29 is 19.1 Å². The summed E-state index contributed by atoms with van der Waals surface area (Å²) in [6.45, 7) is 8.79. The van der Waals surface area contributed by atoms with Gasteiger partial charge in [0.25, 0.3) is 0 Å². The van der Waals surface area contributed by atoms with E-state index in [0.29, 0.717) is 24.3 Å². The van der Waals surface area contributed by atoms with Crippen LogP contribution in [0.3, 0.4) is 0 Å². The second kappa shape index (κ2) is 34.2. The maximum absolute atomic E-state index is 12.5. The summed E-state index contributed by atoms with van der Waals surface area (Å²) in [7, 11) is 4.18. The second-order valence-electron chi connectivity index (χ2n) is 14.9. The molecule has 0 saturated heterocycles. The molecule has 0 bridgehead atoms. The summed E-state index contributed by atoms with van der Waals surface area (Å²) in [6.07, 6.45) is 35.4. The molecule has 0 atom stereocenters. The van der Waals surface area contributed by atoms with Crippen LogP contribution >= 0.6 is 0 Å². The normalized spacial score (nSPS) is 11.5. The Morgan fingerprint density at radius 1 is 0.400 bits per heavy atom. The zero-order valence-corrected chi connectivity index (χ0v) is 33.5. The molecule has 6 nitrogen and oxygen atoms in total. The summed E-state index contributed by atoms with van der Waals surface area (Å²) in [5.74, 6) is -0.705. The van der Waals surface area contributed by atoms with Gasteiger partial charge in [0.15, 0.2) is 0 Å². The summed E-state index contributed by atoms with van der Waals surface area (Å²) in [4.78, 5) is 29.5. The summed E-state index contributed by atoms with van der Waals surface area (Å²) < 4.78 is 11.0. The molecule has 0 aromatic heterocycles. The van der Waals surface area contributed by atoms with Crippen LogP contribution in [-0.2, 0) is 9.47 Å². The fourth-order valence-corrected chi connectivity index (χ4v) is 6.52. The molecule has 0 fully saturated rings. The average molecular weight is 701 g/mol. The molecule has 50 heavy (non-hydrogen) atoms. The van der Waals surface area contributed by atoms with Gasteiger partial charge in [0.05, 0.1) is 11.1 Å². The molecule has 0 N–H and O–H groups in total. The van der Waals surface area contributed by atoms with E-state index in [1.807, 2.05) is 0 Å². The second-order valence-corrected chi connectivity index (χ2v) is 14.9. The topological polar surface area (TPSA) is 59.1 Å². The van der Waals surface area contributed by atoms with Gasteiger partial charge < -0.3 is 19.3 Å². The van der Waals surface area contributed by atoms with Crippen LogP contribution in [0.25, 0.3) is 0 Å². The first-order chi connectivity index (χ1) is 24.5. The van der Waals surface area contributed by atoms with E-state index < -0.39 is 0 Å². The van der Waals surface area contributed by atoms with Gasteiger partial charge in [-0.2, -0.15) is 0 Å². The van der Waals surface area contributed by atoms with E-state index in [9.17, 15) is 9.59 Å². The van der Waals surface area contributed by atoms with Gasteiger partial charge in [-0.3, -0.25) is 0 Å². The Labute approximate surface area is 309 Å². The van der Waals surface area contributed by atoms with Gasteiger partial charge in [0.1, 0.15) is 13.2 Å². The average Bonchev–Trinajstić information content (AvgIpc) is 3.12. The lowest BCUT2D eigenvalue weighted by atomic mass is 10.0. The Bertz CT molecular complexity index is 833. The number of hydrogen-bond acceptors (Lipinski definition) is 6. The molecular formula is C44H80N2O4. The Kier molecular flexibility index (Phi) is 31.5. The molecule has 1 aromatic rings. The summed E-state index contributed by atoms with van der Waals surface area (Å²) in [5, 5.41) is 0. The first kappa shape index (κ1) is 46.1. The number of rotatable bonds is 36. The minimum Gasteiger partial charge on any atom is -0.461 e. The summed E-state index contributed by atoms with van der Waals surface area (Å²) >= 11 is 0. The largest absolute Gasteiger partial charge is 0.461 e. The first-order valence-corrected chi connectivity index (χ1v) is 21.3. The smallest absolute Gasteiger partial charge is 0.338 e. The predicted molar refractivity (Wildman–Crippen MR) is 213 cm³/mol. The van der Waals surface area contributed by atoms with Crippen molar-refractivity contribution in [2.24, 2.45) is 0 Å². The molecule has 0 heterocycles. The van der Waals surface area contributed by atoms with Crippen molar-refractivity contribution in [1.29, 1.82) is 0 Å². The SMILES string of the molecule is CCCCCCCCCCCCCCCN(C)CCOC(=O)c1ccc(C(=O)OCCN(C)CCCCCCCCCCCCCCC)cc1. The highest BCUT2D eigenvalue weighted by atomic mass is 16.5. The highest BCUT2D eigenvalue weighted by molar-refractivity contribution is 5.93. The number of carbonyl (C=O) groups is 2. The number of carbonyl (C=O) groups excluding carboxylic acids is 2. The summed E-state index contributed by atoms with van der Waals surface area (Å²) in [5.41, 5.74) is 0.913. The minimum atomic E-state index is -0.353. The van der Waals surface area contributed by atoms with Crippen LogP contribution in [0.15, 0.2) is 24.3 Å². The molecular weight excluding hydrogens is 620 g/mol. The third-order valence-electron chi connectivity index (χ3n) is 10.1. The van der Waals surface area contributed by atoms with Crippen molar-refractivity contribution >= 4 is 11.9 Å². The van der Waals surface area contributed by atoms with Crippen LogP contribution in [-0.4, -0.2) is 75.2 Å². The minimum absolute atomic E-state index is 0.353. The Balaban J connectivity index is 2.01. The lowest BCUT2D eigenvalue weighted by Gasteiger charge is -2.16. The molecule has 1 rings (SSSR count). The number of ether oxygens (including phenoxy) is 2. The molecule has 6 heteroatoms. The van der Waals surface area contributed by atoms with Gasteiger partial charge in [-0.25, -0.2) is 9.59 Å². The van der Waals surface area contributed by atoms with E-state index in [1.165, 1.54) is 167 Å². The van der Waals surface area contributed by atoms with Crippen molar-refractivity contribution in [1.82, 2.24) is 9.80 Å². The highest BCUT2D eigenvalue weighted by Gasteiger charge is 2.12. The Hall–Kier alpha value is -1.92. The van der Waals surface area contributed by atoms with Gasteiger partial charge in [-0.15, -0.1) is 0 Å². The van der Waals surface area contributed by atoms with Crippen LogP contribution in [0.5, 0.6) is 0 Å². The van der Waals surface area contributed by atoms with Crippen molar-refractivity contribution in [3.05, 3.63) is 35.4 Å². The van der Waals surface area contributed by atoms with E-state index in [-0.39, 0.29) is 11.9 Å². The zero-order valence-electron chi connectivity index (χ0n) is 33.5. The lowest BCUT2D eigenvalue weighted by molar-refractivity contribution is 0.0458. The fraction of sp³-hybridized carbons (Fsp3) is 0.818. The van der Waals surface area contributed by atoms with Crippen LogP contribution in [0.1, 0.15) is 202 Å². The lowest BCUT2D eigenvalue weighted by Crippen LogP contribution is -2.25. The highest BCUT2D eigenvalue weighted by Crippen LogP contribution is 2.14. The first-order valence-electron chi connectivity index (χ1n) is 21.3. The molecule has 0 spiro atoms. The molecule has 290 valence electrons. The van der Waals surface area contributed by atoms with Gasteiger partial charge >= 0.3 is 11.9 Å². The molecule has 0 saturated carbocycles. The standard InChI is InChI=1S/C44H80N2O4/c1-5-7-9-11-13-15-17-19-21-23-25-27-29-35-45(3)37-39-49-43(47)41-31-33-42(34-32-41)44(48)50-40-38-46(4)36-30-28-26-24-22-20-18-16-14-12-10-8-6-2/h31-34H,5-30,35-40H2,1-4H3. The van der Waals surface area contributed by atoms with Crippen LogP contribution < -0.4 is 0 Å². The van der Waals surface area contributed by atoms with Crippen LogP contribution in [0.2, 0.25) is 0 Å². The maximum atomic E-state index is 12.5. The molecule has 1 aromatic carbocycles.